The van der Waals surface area contributed by atoms with E-state index in [9.17, 15) is 8.42 Å². The zero-order valence-corrected chi connectivity index (χ0v) is 11.2. The average molecular weight is 275 g/mol. The molecule has 2 rings (SSSR count). The van der Waals surface area contributed by atoms with Crippen LogP contribution in [-0.4, -0.2) is 14.5 Å². The summed E-state index contributed by atoms with van der Waals surface area (Å²) in [5.74, 6) is 0.751. The van der Waals surface area contributed by atoms with Gasteiger partial charge in [0.15, 0.2) is 0 Å². The number of ether oxygens (including phenoxy) is 1. The minimum absolute atomic E-state index is 0.121. The minimum atomic E-state index is -3.65. The normalized spacial score (nSPS) is 17.3. The lowest BCUT2D eigenvalue weighted by Crippen LogP contribution is -2.11. The van der Waals surface area contributed by atoms with Gasteiger partial charge in [-0.3, -0.25) is 0 Å². The first-order chi connectivity index (χ1) is 7.97. The van der Waals surface area contributed by atoms with Gasteiger partial charge in [0.05, 0.1) is 11.0 Å². The van der Waals surface area contributed by atoms with Crippen molar-refractivity contribution in [2.45, 2.75) is 43.6 Å². The maximum atomic E-state index is 11.2. The summed E-state index contributed by atoms with van der Waals surface area (Å²) in [6.07, 6.45) is 4.84. The third-order valence-electron chi connectivity index (χ3n) is 3.02. The predicted octanol–water partition coefficient (Wildman–Crippen LogP) is 3.24. The Morgan fingerprint density at radius 1 is 1.29 bits per heavy atom. The van der Waals surface area contributed by atoms with E-state index in [1.54, 1.807) is 12.1 Å². The fourth-order valence-electron chi connectivity index (χ4n) is 2.09. The largest absolute Gasteiger partial charge is 0.490 e. The first kappa shape index (κ1) is 12.7. The lowest BCUT2D eigenvalue weighted by molar-refractivity contribution is 0.208. The minimum Gasteiger partial charge on any atom is -0.490 e. The van der Waals surface area contributed by atoms with Crippen LogP contribution in [-0.2, 0) is 9.05 Å². The maximum absolute atomic E-state index is 11.2. The van der Waals surface area contributed by atoms with Crippen LogP contribution in [0.2, 0.25) is 0 Å². The molecule has 0 saturated heterocycles. The standard InChI is InChI=1S/C12H15ClO3S/c1-9-8-11(17(13,14)15)6-7-12(9)16-10-4-2-3-5-10/h6-8,10H,2-5H2,1H3. The molecule has 0 bridgehead atoms. The van der Waals surface area contributed by atoms with Crippen molar-refractivity contribution < 1.29 is 13.2 Å². The van der Waals surface area contributed by atoms with E-state index in [0.717, 1.165) is 24.2 Å². The maximum Gasteiger partial charge on any atom is 0.261 e. The first-order valence-electron chi connectivity index (χ1n) is 5.69. The highest BCUT2D eigenvalue weighted by atomic mass is 35.7. The average Bonchev–Trinajstić information content (AvgIpc) is 2.72. The second-order valence-electron chi connectivity index (χ2n) is 4.39. The Balaban J connectivity index is 2.19. The second-order valence-corrected chi connectivity index (χ2v) is 6.96. The van der Waals surface area contributed by atoms with E-state index in [-0.39, 0.29) is 11.0 Å². The Hall–Kier alpha value is -0.740. The highest BCUT2D eigenvalue weighted by Gasteiger charge is 2.18. The van der Waals surface area contributed by atoms with Gasteiger partial charge in [-0.2, -0.15) is 0 Å². The first-order valence-corrected chi connectivity index (χ1v) is 8.00. The highest BCUT2D eigenvalue weighted by molar-refractivity contribution is 8.13. The van der Waals surface area contributed by atoms with Gasteiger partial charge in [0.2, 0.25) is 0 Å². The number of benzene rings is 1. The van der Waals surface area contributed by atoms with Crippen molar-refractivity contribution in [1.29, 1.82) is 0 Å². The summed E-state index contributed by atoms with van der Waals surface area (Å²) in [5.41, 5.74) is 0.804. The number of hydrogen-bond acceptors (Lipinski definition) is 3. The quantitative estimate of drug-likeness (QED) is 0.795. The van der Waals surface area contributed by atoms with Crippen LogP contribution < -0.4 is 4.74 Å². The molecule has 1 aliphatic rings. The summed E-state index contributed by atoms with van der Waals surface area (Å²) in [4.78, 5) is 0.121. The lowest BCUT2D eigenvalue weighted by Gasteiger charge is -2.15. The van der Waals surface area contributed by atoms with Crippen molar-refractivity contribution in [3.63, 3.8) is 0 Å². The van der Waals surface area contributed by atoms with Gasteiger partial charge in [-0.05, 0) is 56.4 Å². The monoisotopic (exact) mass is 274 g/mol. The molecular formula is C12H15ClO3S. The molecule has 17 heavy (non-hydrogen) atoms. The third-order valence-corrected chi connectivity index (χ3v) is 4.38. The van der Waals surface area contributed by atoms with Crippen molar-refractivity contribution in [1.82, 2.24) is 0 Å². The Kier molecular flexibility index (Phi) is 3.64. The Labute approximate surface area is 106 Å². The van der Waals surface area contributed by atoms with Crippen molar-refractivity contribution in [2.75, 3.05) is 0 Å². The fraction of sp³-hybridized carbons (Fsp3) is 0.500. The second kappa shape index (κ2) is 4.86. The van der Waals surface area contributed by atoms with Crippen molar-refractivity contribution in [3.8, 4) is 5.75 Å². The summed E-state index contributed by atoms with van der Waals surface area (Å²) in [5, 5.41) is 0. The van der Waals surface area contributed by atoms with Gasteiger partial charge in [0.1, 0.15) is 5.75 Å². The van der Waals surface area contributed by atoms with Crippen LogP contribution in [0.5, 0.6) is 5.75 Å². The van der Waals surface area contributed by atoms with Gasteiger partial charge in [-0.1, -0.05) is 0 Å². The van der Waals surface area contributed by atoms with Crippen molar-refractivity contribution in [3.05, 3.63) is 23.8 Å². The van der Waals surface area contributed by atoms with E-state index in [1.165, 1.54) is 18.9 Å². The van der Waals surface area contributed by atoms with Crippen LogP contribution in [0.4, 0.5) is 0 Å². The molecular weight excluding hydrogens is 260 g/mol. The van der Waals surface area contributed by atoms with Crippen molar-refractivity contribution >= 4 is 19.7 Å². The predicted molar refractivity (Wildman–Crippen MR) is 67.1 cm³/mol. The van der Waals surface area contributed by atoms with Gasteiger partial charge in [-0.25, -0.2) is 8.42 Å². The van der Waals surface area contributed by atoms with Gasteiger partial charge < -0.3 is 4.74 Å². The number of halogens is 1. The van der Waals surface area contributed by atoms with E-state index in [4.69, 9.17) is 15.4 Å². The van der Waals surface area contributed by atoms with Crippen molar-refractivity contribution in [2.24, 2.45) is 0 Å². The summed E-state index contributed by atoms with van der Waals surface area (Å²) in [7, 11) is 1.63. The smallest absolute Gasteiger partial charge is 0.261 e. The van der Waals surface area contributed by atoms with Crippen LogP contribution in [0.15, 0.2) is 23.1 Å². The molecule has 1 saturated carbocycles. The third kappa shape index (κ3) is 3.13. The van der Waals surface area contributed by atoms with Crippen LogP contribution in [0.3, 0.4) is 0 Å². The summed E-state index contributed by atoms with van der Waals surface area (Å²) < 4.78 is 28.2. The van der Waals surface area contributed by atoms with Gasteiger partial charge in [0.25, 0.3) is 9.05 Å². The Morgan fingerprint density at radius 2 is 1.94 bits per heavy atom. The van der Waals surface area contributed by atoms with E-state index in [2.05, 4.69) is 0 Å². The van der Waals surface area contributed by atoms with E-state index in [1.807, 2.05) is 6.92 Å². The molecule has 0 unspecified atom stereocenters. The topological polar surface area (TPSA) is 43.4 Å². The van der Waals surface area contributed by atoms with Gasteiger partial charge >= 0.3 is 0 Å². The fourth-order valence-corrected chi connectivity index (χ4v) is 2.93. The van der Waals surface area contributed by atoms with Crippen LogP contribution in [0.25, 0.3) is 0 Å². The molecule has 0 aliphatic heterocycles. The van der Waals surface area contributed by atoms with Gasteiger partial charge in [-0.15, -0.1) is 0 Å². The SMILES string of the molecule is Cc1cc(S(=O)(=O)Cl)ccc1OC1CCCC1. The zero-order valence-electron chi connectivity index (χ0n) is 9.65. The van der Waals surface area contributed by atoms with E-state index >= 15 is 0 Å². The molecule has 1 fully saturated rings. The summed E-state index contributed by atoms with van der Waals surface area (Å²) >= 11 is 0. The Bertz CT molecular complexity index is 504. The molecule has 94 valence electrons. The molecule has 1 aromatic carbocycles. The zero-order chi connectivity index (χ0) is 12.5. The number of rotatable bonds is 3. The van der Waals surface area contributed by atoms with Gasteiger partial charge in [0, 0.05) is 10.7 Å². The van der Waals surface area contributed by atoms with Crippen LogP contribution in [0, 0.1) is 6.92 Å². The van der Waals surface area contributed by atoms with E-state index < -0.39 is 9.05 Å². The lowest BCUT2D eigenvalue weighted by atomic mass is 10.2. The molecule has 0 amide bonds. The molecule has 0 N–H and O–H groups in total. The van der Waals surface area contributed by atoms with E-state index in [0.29, 0.717) is 0 Å². The molecule has 1 aliphatic carbocycles. The van der Waals surface area contributed by atoms with Crippen LogP contribution in [0.1, 0.15) is 31.2 Å². The molecule has 5 heteroatoms. The van der Waals surface area contributed by atoms with Crippen LogP contribution >= 0.6 is 10.7 Å². The summed E-state index contributed by atoms with van der Waals surface area (Å²) in [6, 6.07) is 4.72. The molecule has 0 heterocycles. The molecule has 0 atom stereocenters. The molecule has 3 nitrogen and oxygen atoms in total. The summed E-state index contributed by atoms with van der Waals surface area (Å²) in [6.45, 7) is 1.83. The Morgan fingerprint density at radius 3 is 2.47 bits per heavy atom. The number of aryl methyl sites for hydroxylation is 1. The molecule has 0 aromatic heterocycles. The molecule has 0 radical (unpaired) electrons. The number of hydrogen-bond donors (Lipinski definition) is 0. The molecule has 1 aromatic rings. The molecule has 0 spiro atoms. The highest BCUT2D eigenvalue weighted by Crippen LogP contribution is 2.28.